The highest BCUT2D eigenvalue weighted by atomic mass is 16.3. The van der Waals surface area contributed by atoms with E-state index in [9.17, 15) is 63.0 Å². The van der Waals surface area contributed by atoms with Gasteiger partial charge in [0.05, 0.1) is 12.2 Å². The van der Waals surface area contributed by atoms with Gasteiger partial charge < -0.3 is 97.4 Å². The van der Waals surface area contributed by atoms with Crippen LogP contribution in [0.2, 0.25) is 0 Å². The molecule has 29 heteroatoms. The van der Waals surface area contributed by atoms with Gasteiger partial charge in [-0.15, -0.1) is 0 Å². The van der Waals surface area contributed by atoms with Crippen molar-refractivity contribution in [2.24, 2.45) is 40.5 Å². The molecule has 1 saturated heterocycles. The first kappa shape index (κ1) is 74.2. The van der Waals surface area contributed by atoms with Crippen molar-refractivity contribution in [3.05, 3.63) is 35.9 Å². The van der Waals surface area contributed by atoms with Crippen molar-refractivity contribution in [3.63, 3.8) is 0 Å². The first-order valence-electron chi connectivity index (χ1n) is 29.5. The van der Waals surface area contributed by atoms with Gasteiger partial charge in [0.15, 0.2) is 0 Å². The van der Waals surface area contributed by atoms with Gasteiger partial charge in [-0.2, -0.15) is 0 Å². The van der Waals surface area contributed by atoms with Gasteiger partial charge >= 0.3 is 0 Å². The lowest BCUT2D eigenvalue weighted by Crippen LogP contribution is -2.62. The quantitative estimate of drug-likeness (QED) is 0.0333. The molecule has 0 radical (unpaired) electrons. The summed E-state index contributed by atoms with van der Waals surface area (Å²) in [6.07, 6.45) is -1.05. The molecule has 1 heterocycles. The lowest BCUT2D eigenvalue weighted by atomic mass is 10.00. The van der Waals surface area contributed by atoms with Crippen molar-refractivity contribution in [2.45, 2.75) is 198 Å². The molecule has 0 bridgehead atoms. The van der Waals surface area contributed by atoms with E-state index >= 15 is 0 Å². The fourth-order valence-electron chi connectivity index (χ4n) is 9.12. The van der Waals surface area contributed by atoms with Crippen LogP contribution in [0.5, 0.6) is 0 Å². The number of carbonyl (C=O) groups excluding carboxylic acids is 11. The largest absolute Gasteiger partial charge is 0.391 e. The highest BCUT2D eigenvalue weighted by molar-refractivity contribution is 5.99. The molecule has 0 aromatic heterocycles. The predicted molar refractivity (Wildman–Crippen MR) is 316 cm³/mol. The van der Waals surface area contributed by atoms with Crippen LogP contribution in [0.25, 0.3) is 0 Å². The molecule has 0 spiro atoms. The Morgan fingerprint density at radius 1 is 0.565 bits per heavy atom. The van der Waals surface area contributed by atoms with Crippen LogP contribution < -0.4 is 87.2 Å². The van der Waals surface area contributed by atoms with Crippen LogP contribution in [0.15, 0.2) is 30.3 Å². The molecule has 23 N–H and O–H groups in total. The monoisotopic (exact) mass is 1200 g/mol. The zero-order valence-corrected chi connectivity index (χ0v) is 50.2. The molecule has 1 aromatic rings. The summed E-state index contributed by atoms with van der Waals surface area (Å²) < 4.78 is 0. The Morgan fingerprint density at radius 3 is 1.56 bits per heavy atom. The van der Waals surface area contributed by atoms with Crippen LogP contribution in [-0.4, -0.2) is 187 Å². The number of aliphatic hydroxyl groups excluding tert-OH is 2. The fourth-order valence-corrected chi connectivity index (χ4v) is 9.12. The molecule has 1 aliphatic heterocycles. The topological polar surface area (TPSA) is 491 Å². The first-order valence-corrected chi connectivity index (χ1v) is 29.5. The zero-order valence-electron chi connectivity index (χ0n) is 50.2. The summed E-state index contributed by atoms with van der Waals surface area (Å²) >= 11 is 0. The molecule has 85 heavy (non-hydrogen) atoms. The minimum absolute atomic E-state index is 0.0173. The normalized spacial score (nSPS) is 22.9. The summed E-state index contributed by atoms with van der Waals surface area (Å²) in [6, 6.07) is -6.23. The summed E-state index contributed by atoms with van der Waals surface area (Å²) in [5.41, 5.74) is 29.9. The summed E-state index contributed by atoms with van der Waals surface area (Å²) in [7, 11) is 0. The van der Waals surface area contributed by atoms with Gasteiger partial charge in [0.25, 0.3) is 0 Å². The molecular formula is C56H98N16O13. The van der Waals surface area contributed by atoms with Crippen LogP contribution >= 0.6 is 0 Å². The van der Waals surface area contributed by atoms with E-state index in [0.29, 0.717) is 17.9 Å². The van der Waals surface area contributed by atoms with Crippen LogP contribution in [0.1, 0.15) is 124 Å². The van der Waals surface area contributed by atoms with Gasteiger partial charge in [-0.1, -0.05) is 77.3 Å². The van der Waals surface area contributed by atoms with E-state index in [0.717, 1.165) is 19.3 Å². The van der Waals surface area contributed by atoms with E-state index < -0.39 is 151 Å². The second-order valence-electron chi connectivity index (χ2n) is 22.0. The third-order valence-corrected chi connectivity index (χ3v) is 14.3. The summed E-state index contributed by atoms with van der Waals surface area (Å²) in [5.74, 6) is -9.45. The number of carbonyl (C=O) groups is 11. The smallest absolute Gasteiger partial charge is 0.245 e. The Bertz CT molecular complexity index is 2320. The average Bonchev–Trinajstić information content (AvgIpc) is 3.67. The molecule has 13 atom stereocenters. The van der Waals surface area contributed by atoms with Crippen molar-refractivity contribution >= 4 is 65.0 Å². The Kier molecular flexibility index (Phi) is 34.6. The number of nitrogens with one attached hydrogen (secondary N) is 11. The van der Waals surface area contributed by atoms with Gasteiger partial charge in [-0.25, -0.2) is 0 Å². The highest BCUT2D eigenvalue weighted by Crippen LogP contribution is 2.14. The van der Waals surface area contributed by atoms with Crippen molar-refractivity contribution in [1.29, 1.82) is 0 Å². The Labute approximate surface area is 498 Å². The van der Waals surface area contributed by atoms with Gasteiger partial charge in [0.1, 0.15) is 60.4 Å². The molecule has 1 fully saturated rings. The van der Waals surface area contributed by atoms with Crippen LogP contribution in [-0.2, 0) is 59.2 Å². The Hall–Kier alpha value is -6.89. The standard InChI is InChI=1S/C56H98N16O13/c1-7-32(4)13-11-12-16-44(75)63-36(17-23-57)51(80)72-46(34(6)74)56(85)68-39(20-26-60)48(77)67-41-22-28-62-55(84)45(33(5)73)71-52(81)40(21-27-61)65-47(76)37(18-24-58)66-53(82)42(29-31(2)3)69-54(83)43(30-35-14-9-8-10-15-35)70-49(78)38(19-25-59)64-50(41)79/h8-10,14-15,31-34,36-43,45-46,73-74H,7,11-13,16-30,57-61H2,1-6H3,(H,62,84)(H,63,75)(H,64,79)(H,65,76)(H,66,82)(H,67,77)(H,68,85)(H,69,83)(H,70,78)(H,71,81)(H,72,80)/t32-,33-,34-,36+,37+,38+,39+,40+,41-,42+,43+,45+,46+/m1/s1. The highest BCUT2D eigenvalue weighted by Gasteiger charge is 2.37. The molecule has 0 unspecified atom stereocenters. The Balaban J connectivity index is 2.67. The average molecular weight is 1200 g/mol. The molecule has 1 aliphatic rings. The second-order valence-corrected chi connectivity index (χ2v) is 22.0. The Morgan fingerprint density at radius 2 is 1.06 bits per heavy atom. The molecule has 0 aliphatic carbocycles. The van der Waals surface area contributed by atoms with Crippen LogP contribution in [0.4, 0.5) is 0 Å². The number of aliphatic hydroxyl groups is 2. The molecule has 2 rings (SSSR count). The predicted octanol–water partition coefficient (Wildman–Crippen LogP) is -5.24. The lowest BCUT2D eigenvalue weighted by Gasteiger charge is -2.29. The molecule has 11 amide bonds. The number of nitrogens with two attached hydrogens (primary N) is 5. The van der Waals surface area contributed by atoms with Crippen LogP contribution in [0, 0.1) is 11.8 Å². The summed E-state index contributed by atoms with van der Waals surface area (Å²) in [4.78, 5) is 154. The number of hydrogen-bond acceptors (Lipinski definition) is 18. The minimum atomic E-state index is -1.70. The van der Waals surface area contributed by atoms with E-state index in [2.05, 4.69) is 72.3 Å². The van der Waals surface area contributed by atoms with Crippen molar-refractivity contribution in [1.82, 2.24) is 58.5 Å². The SMILES string of the molecule is CC[C@@H](C)CCCCC(=O)N[C@@H](CCN)C(=O)N[C@H](C(=O)N[C@@H](CCN)C(=O)N[C@@H]1CCNC(=O)[C@H]([C@@H](C)O)NC(=O)[C@H](CCN)NC(=O)[C@H](CCN)NC(=O)[C@H](CC(C)C)NC(=O)[C@H](Cc2ccccc2)NC(=O)[C@H](CCN)NC1=O)[C@@H](C)O. The molecule has 29 nitrogen and oxygen atoms in total. The van der Waals surface area contributed by atoms with E-state index in [1.807, 2.05) is 0 Å². The van der Waals surface area contributed by atoms with Crippen molar-refractivity contribution in [2.75, 3.05) is 39.3 Å². The third-order valence-electron chi connectivity index (χ3n) is 14.3. The maximum absolute atomic E-state index is 14.5. The van der Waals surface area contributed by atoms with Gasteiger partial charge in [-0.05, 0) is 115 Å². The number of unbranched alkanes of at least 4 members (excludes halogenated alkanes) is 1. The lowest BCUT2D eigenvalue weighted by molar-refractivity contribution is -0.137. The fraction of sp³-hybridized carbons (Fsp3) is 0.696. The van der Waals surface area contributed by atoms with E-state index in [4.69, 9.17) is 28.7 Å². The first-order chi connectivity index (χ1) is 40.3. The zero-order chi connectivity index (χ0) is 63.8. The van der Waals surface area contributed by atoms with E-state index in [1.165, 1.54) is 13.8 Å². The number of rotatable bonds is 29. The maximum atomic E-state index is 14.5. The molecule has 0 saturated carbocycles. The number of amides is 11. The van der Waals surface area contributed by atoms with E-state index in [-0.39, 0.29) is 90.0 Å². The van der Waals surface area contributed by atoms with Crippen molar-refractivity contribution < 1.29 is 63.0 Å². The molecular weight excluding hydrogens is 1100 g/mol. The molecule has 1 aromatic carbocycles. The third kappa shape index (κ3) is 26.9. The van der Waals surface area contributed by atoms with Crippen molar-refractivity contribution in [3.8, 4) is 0 Å². The number of benzene rings is 1. The molecule has 480 valence electrons. The van der Waals surface area contributed by atoms with Gasteiger partial charge in [-0.3, -0.25) is 52.7 Å². The minimum Gasteiger partial charge on any atom is -0.391 e. The van der Waals surface area contributed by atoms with Gasteiger partial charge in [0.2, 0.25) is 65.0 Å². The summed E-state index contributed by atoms with van der Waals surface area (Å²) in [6.45, 7) is 9.00. The second kappa shape index (κ2) is 39.7. The van der Waals surface area contributed by atoms with Gasteiger partial charge in [0, 0.05) is 19.4 Å². The maximum Gasteiger partial charge on any atom is 0.245 e. The summed E-state index contributed by atoms with van der Waals surface area (Å²) in [5, 5.41) is 49.7. The number of hydrogen-bond donors (Lipinski definition) is 18. The van der Waals surface area contributed by atoms with E-state index in [1.54, 1.807) is 44.2 Å². The van der Waals surface area contributed by atoms with Crippen LogP contribution in [0.3, 0.4) is 0 Å².